The highest BCUT2D eigenvalue weighted by Gasteiger charge is 2.53. The summed E-state index contributed by atoms with van der Waals surface area (Å²) in [5.74, 6) is -2.71. The second-order valence-corrected chi connectivity index (χ2v) is 9.71. The Bertz CT molecular complexity index is 1470. The summed E-state index contributed by atoms with van der Waals surface area (Å²) in [6.07, 6.45) is -4.74. The molecule has 2 aromatic carbocycles. The van der Waals surface area contributed by atoms with Gasteiger partial charge in [0.25, 0.3) is 0 Å². The third kappa shape index (κ3) is 7.08. The summed E-state index contributed by atoms with van der Waals surface area (Å²) in [7, 11) is 0. The number of esters is 4. The zero-order chi connectivity index (χ0) is 29.8. The Labute approximate surface area is 240 Å². The fraction of sp³-hybridized carbons (Fsp3) is 0.357. The van der Waals surface area contributed by atoms with Crippen LogP contribution in [0.1, 0.15) is 27.7 Å². The van der Waals surface area contributed by atoms with Crippen molar-refractivity contribution in [1.29, 1.82) is 0 Å². The Balaban J connectivity index is 1.68. The van der Waals surface area contributed by atoms with E-state index < -0.39 is 54.6 Å². The molecule has 0 unspecified atom stereocenters. The average molecular weight is 589 g/mol. The molecule has 4 rings (SSSR count). The van der Waals surface area contributed by atoms with Gasteiger partial charge in [-0.05, 0) is 42.5 Å². The summed E-state index contributed by atoms with van der Waals surface area (Å²) < 4.78 is 35.3. The van der Waals surface area contributed by atoms with Crippen LogP contribution >= 0.6 is 11.6 Å². The molecule has 218 valence electrons. The monoisotopic (exact) mass is 588 g/mol. The molecule has 1 aliphatic rings. The first-order chi connectivity index (χ1) is 19.4. The van der Waals surface area contributed by atoms with Gasteiger partial charge in [-0.3, -0.25) is 19.2 Å². The van der Waals surface area contributed by atoms with E-state index in [9.17, 15) is 19.2 Å². The Kier molecular flexibility index (Phi) is 9.04. The molecule has 2 heterocycles. The van der Waals surface area contributed by atoms with Gasteiger partial charge in [0.1, 0.15) is 18.5 Å². The third-order valence-corrected chi connectivity index (χ3v) is 6.39. The van der Waals surface area contributed by atoms with Crippen LogP contribution in [0.25, 0.3) is 16.6 Å². The number of fused-ring (bicyclic) bond motifs is 1. The van der Waals surface area contributed by atoms with E-state index in [0.717, 1.165) is 37.4 Å². The molecule has 41 heavy (non-hydrogen) atoms. The number of ether oxygens (including phenoxy) is 6. The van der Waals surface area contributed by atoms with Crippen LogP contribution in [0, 0.1) is 0 Å². The number of carbonyl (C=O) groups is 4. The van der Waals surface area contributed by atoms with Gasteiger partial charge in [-0.1, -0.05) is 11.6 Å². The van der Waals surface area contributed by atoms with Crippen molar-refractivity contribution in [3.8, 4) is 11.4 Å². The van der Waals surface area contributed by atoms with Gasteiger partial charge in [-0.25, -0.2) is 0 Å². The van der Waals surface area contributed by atoms with E-state index in [0.29, 0.717) is 5.69 Å². The zero-order valence-corrected chi connectivity index (χ0v) is 23.5. The molecule has 0 saturated carbocycles. The van der Waals surface area contributed by atoms with E-state index in [1.807, 2.05) is 29.0 Å². The molecule has 3 aromatic rings. The summed E-state index contributed by atoms with van der Waals surface area (Å²) in [4.78, 5) is 47.5. The van der Waals surface area contributed by atoms with E-state index >= 15 is 0 Å². The fourth-order valence-corrected chi connectivity index (χ4v) is 4.75. The highest BCUT2D eigenvalue weighted by atomic mass is 35.5. The number of hydrogen-bond donors (Lipinski definition) is 1. The van der Waals surface area contributed by atoms with Gasteiger partial charge in [0.2, 0.25) is 12.4 Å². The lowest BCUT2D eigenvalue weighted by Gasteiger charge is -2.44. The molecule has 0 radical (unpaired) electrons. The van der Waals surface area contributed by atoms with Crippen molar-refractivity contribution in [1.82, 2.24) is 4.57 Å². The molecule has 1 aromatic heterocycles. The van der Waals surface area contributed by atoms with Gasteiger partial charge in [0, 0.05) is 50.7 Å². The Morgan fingerprint density at radius 1 is 0.854 bits per heavy atom. The molecule has 1 fully saturated rings. The van der Waals surface area contributed by atoms with E-state index in [2.05, 4.69) is 0 Å². The van der Waals surface area contributed by atoms with Crippen molar-refractivity contribution in [2.75, 3.05) is 12.3 Å². The predicted octanol–water partition coefficient (Wildman–Crippen LogP) is 3.33. The van der Waals surface area contributed by atoms with Crippen LogP contribution in [0.3, 0.4) is 0 Å². The molecule has 0 spiro atoms. The number of nitrogens with two attached hydrogens (primary N) is 1. The minimum Gasteiger partial charge on any atom is -0.463 e. The van der Waals surface area contributed by atoms with E-state index in [4.69, 9.17) is 45.8 Å². The maximum absolute atomic E-state index is 12.1. The third-order valence-electron chi connectivity index (χ3n) is 6.10. The summed E-state index contributed by atoms with van der Waals surface area (Å²) in [6, 6.07) is 12.5. The number of nitrogen functional groups attached to an aromatic ring is 1. The van der Waals surface area contributed by atoms with Crippen LogP contribution < -0.4 is 10.5 Å². The lowest BCUT2D eigenvalue weighted by Crippen LogP contribution is -2.63. The van der Waals surface area contributed by atoms with Crippen LogP contribution in [0.2, 0.25) is 5.02 Å². The summed E-state index contributed by atoms with van der Waals surface area (Å²) >= 11 is 6.61. The number of aromatic nitrogens is 1. The van der Waals surface area contributed by atoms with Crippen molar-refractivity contribution >= 4 is 52.1 Å². The highest BCUT2D eigenvalue weighted by molar-refractivity contribution is 6.32. The molecule has 13 heteroatoms. The van der Waals surface area contributed by atoms with Crippen molar-refractivity contribution in [3.63, 3.8) is 0 Å². The quantitative estimate of drug-likeness (QED) is 0.234. The minimum absolute atomic E-state index is 0.150. The molecule has 0 aliphatic carbocycles. The molecule has 0 bridgehead atoms. The van der Waals surface area contributed by atoms with Crippen molar-refractivity contribution in [2.45, 2.75) is 58.4 Å². The minimum atomic E-state index is -1.41. The van der Waals surface area contributed by atoms with Gasteiger partial charge in [0.15, 0.2) is 12.2 Å². The standard InChI is InChI=1S/C28H29ClN2O10/c1-14(32)36-13-24-25(37-15(2)33)26(38-16(3)34)27(39-17(4)35)28(41-24)40-23-8-6-20(12-21(23)29)31-10-9-18-11-19(30)5-7-22(18)31/h5-12,24-28H,13,30H2,1-4H3/t24-,25-,26+,27+,28+/m1/s1. The first kappa shape index (κ1) is 29.7. The predicted molar refractivity (Wildman–Crippen MR) is 145 cm³/mol. The number of carbonyl (C=O) groups excluding carboxylic acids is 4. The summed E-state index contributed by atoms with van der Waals surface area (Å²) in [5.41, 5.74) is 8.16. The molecule has 2 N–H and O–H groups in total. The number of hydrogen-bond acceptors (Lipinski definition) is 11. The van der Waals surface area contributed by atoms with Crippen LogP contribution in [0.15, 0.2) is 48.7 Å². The Morgan fingerprint density at radius 2 is 1.51 bits per heavy atom. The normalized spacial score (nSPS) is 22.0. The smallest absolute Gasteiger partial charge is 0.303 e. The second kappa shape index (κ2) is 12.5. The van der Waals surface area contributed by atoms with Crippen LogP contribution in [-0.4, -0.2) is 65.8 Å². The Morgan fingerprint density at radius 3 is 2.15 bits per heavy atom. The maximum atomic E-state index is 12.1. The zero-order valence-electron chi connectivity index (χ0n) is 22.7. The van der Waals surface area contributed by atoms with E-state index in [1.165, 1.54) is 6.92 Å². The van der Waals surface area contributed by atoms with Gasteiger partial charge < -0.3 is 38.7 Å². The van der Waals surface area contributed by atoms with Crippen molar-refractivity contribution in [3.05, 3.63) is 53.7 Å². The highest BCUT2D eigenvalue weighted by Crippen LogP contribution is 2.35. The molecule has 1 saturated heterocycles. The number of halogens is 1. The number of anilines is 1. The first-order valence-electron chi connectivity index (χ1n) is 12.6. The fourth-order valence-electron chi connectivity index (χ4n) is 4.53. The number of nitrogens with zero attached hydrogens (tertiary/aromatic N) is 1. The maximum Gasteiger partial charge on any atom is 0.303 e. The van der Waals surface area contributed by atoms with Gasteiger partial charge in [-0.15, -0.1) is 0 Å². The van der Waals surface area contributed by atoms with Crippen molar-refractivity contribution in [2.24, 2.45) is 0 Å². The molecule has 1 aliphatic heterocycles. The van der Waals surface area contributed by atoms with Gasteiger partial charge in [0.05, 0.1) is 10.5 Å². The lowest BCUT2D eigenvalue weighted by atomic mass is 9.98. The number of rotatable bonds is 8. The Hall–Kier alpha value is -4.29. The average Bonchev–Trinajstić information content (AvgIpc) is 3.29. The van der Waals surface area contributed by atoms with Gasteiger partial charge >= 0.3 is 23.9 Å². The summed E-state index contributed by atoms with van der Waals surface area (Å²) in [5, 5.41) is 1.13. The van der Waals surface area contributed by atoms with Crippen LogP contribution in [0.5, 0.6) is 5.75 Å². The molecule has 5 atom stereocenters. The molecule has 0 amide bonds. The van der Waals surface area contributed by atoms with Crippen molar-refractivity contribution < 1.29 is 47.6 Å². The van der Waals surface area contributed by atoms with Crippen LogP contribution in [-0.2, 0) is 42.9 Å². The summed E-state index contributed by atoms with van der Waals surface area (Å²) in [6.45, 7) is 4.23. The van der Waals surface area contributed by atoms with Crippen LogP contribution in [0.4, 0.5) is 5.69 Å². The first-order valence-corrected chi connectivity index (χ1v) is 12.9. The second-order valence-electron chi connectivity index (χ2n) is 9.30. The molecule has 12 nitrogen and oxygen atoms in total. The topological polar surface area (TPSA) is 155 Å². The lowest BCUT2D eigenvalue weighted by molar-refractivity contribution is -0.288. The van der Waals surface area contributed by atoms with E-state index in [-0.39, 0.29) is 17.4 Å². The van der Waals surface area contributed by atoms with Gasteiger partial charge in [-0.2, -0.15) is 0 Å². The van der Waals surface area contributed by atoms with E-state index in [1.54, 1.807) is 24.3 Å². The SMILES string of the molecule is CC(=O)OC[C@H]1O[C@H](Oc2ccc(-n3ccc4cc(N)ccc43)cc2Cl)[C@@H](OC(C)=O)[C@@H](OC(C)=O)[C@@H]1OC(C)=O. The largest absolute Gasteiger partial charge is 0.463 e. The molecular weight excluding hydrogens is 560 g/mol. The number of benzene rings is 2. The molecular formula is C28H29ClN2O10.